The number of carbonyl (C=O) groups is 2. The smallest absolute Gasteiger partial charge is 0.282 e. The van der Waals surface area contributed by atoms with Crippen LogP contribution in [0.1, 0.15) is 23.6 Å². The number of nitro benzene ring substituents is 1. The van der Waals surface area contributed by atoms with E-state index >= 15 is 0 Å². The summed E-state index contributed by atoms with van der Waals surface area (Å²) in [6.07, 6.45) is 0. The third-order valence-corrected chi connectivity index (χ3v) is 5.63. The van der Waals surface area contributed by atoms with Gasteiger partial charge in [0.1, 0.15) is 11.4 Å². The second-order valence-corrected chi connectivity index (χ2v) is 7.85. The molecule has 1 heterocycles. The molecule has 0 bridgehead atoms. The third-order valence-electron chi connectivity index (χ3n) is 5.63. The van der Waals surface area contributed by atoms with Crippen molar-refractivity contribution in [2.45, 2.75) is 20.8 Å². The minimum atomic E-state index is -0.514. The lowest BCUT2D eigenvalue weighted by Crippen LogP contribution is -2.32. The zero-order valence-corrected chi connectivity index (χ0v) is 19.0. The number of anilines is 2. The Bertz CT molecular complexity index is 1310. The first kappa shape index (κ1) is 22.7. The summed E-state index contributed by atoms with van der Waals surface area (Å²) in [6.45, 7) is 6.28. The number of benzene rings is 3. The molecule has 172 valence electrons. The van der Waals surface area contributed by atoms with Gasteiger partial charge in [0.25, 0.3) is 17.5 Å². The number of nitrogens with one attached hydrogen (secondary N) is 1. The summed E-state index contributed by atoms with van der Waals surface area (Å²) >= 11 is 0. The van der Waals surface area contributed by atoms with Crippen molar-refractivity contribution in [1.82, 2.24) is 0 Å². The average Bonchev–Trinajstić information content (AvgIpc) is 3.06. The summed E-state index contributed by atoms with van der Waals surface area (Å²) in [5, 5.41) is 14.1. The number of carbonyl (C=O) groups excluding carboxylic acids is 2. The molecular weight excluding hydrogens is 434 g/mol. The fourth-order valence-corrected chi connectivity index (χ4v) is 3.71. The maximum Gasteiger partial charge on any atom is 0.282 e. The zero-order valence-electron chi connectivity index (χ0n) is 19.0. The molecule has 2 amide bonds. The van der Waals surface area contributed by atoms with E-state index in [1.807, 2.05) is 26.8 Å². The molecule has 3 aromatic carbocycles. The molecule has 1 aliphatic rings. The Morgan fingerprint density at radius 1 is 0.912 bits per heavy atom. The van der Waals surface area contributed by atoms with Crippen molar-refractivity contribution in [3.8, 4) is 5.75 Å². The molecule has 0 spiro atoms. The SMILES string of the molecule is CCOc1ccc(NC2=C(c3ccc([N+](=O)[O-])cc3)C(=O)N(c3ccc(C)c(C)c3)C2=O)cc1. The molecule has 1 aliphatic heterocycles. The van der Waals surface area contributed by atoms with E-state index < -0.39 is 16.7 Å². The summed E-state index contributed by atoms with van der Waals surface area (Å²) in [4.78, 5) is 38.7. The molecule has 0 fully saturated rings. The van der Waals surface area contributed by atoms with E-state index in [0.29, 0.717) is 29.3 Å². The normalized spacial score (nSPS) is 13.4. The van der Waals surface area contributed by atoms with Crippen molar-refractivity contribution < 1.29 is 19.2 Å². The van der Waals surface area contributed by atoms with Crippen LogP contribution in [0.5, 0.6) is 5.75 Å². The van der Waals surface area contributed by atoms with E-state index in [1.165, 1.54) is 24.3 Å². The highest BCUT2D eigenvalue weighted by molar-refractivity contribution is 6.46. The van der Waals surface area contributed by atoms with Gasteiger partial charge in [-0.15, -0.1) is 0 Å². The van der Waals surface area contributed by atoms with Gasteiger partial charge in [-0.2, -0.15) is 0 Å². The van der Waals surface area contributed by atoms with Crippen LogP contribution in [0.4, 0.5) is 17.1 Å². The second-order valence-electron chi connectivity index (χ2n) is 7.85. The third kappa shape index (κ3) is 4.25. The first-order valence-corrected chi connectivity index (χ1v) is 10.7. The van der Waals surface area contributed by atoms with Crippen LogP contribution in [-0.2, 0) is 9.59 Å². The highest BCUT2D eigenvalue weighted by atomic mass is 16.6. The summed E-state index contributed by atoms with van der Waals surface area (Å²) in [5.41, 5.74) is 3.59. The van der Waals surface area contributed by atoms with Crippen LogP contribution in [0.25, 0.3) is 5.57 Å². The minimum Gasteiger partial charge on any atom is -0.494 e. The number of nitrogens with zero attached hydrogens (tertiary/aromatic N) is 2. The molecule has 8 heteroatoms. The average molecular weight is 457 g/mol. The minimum absolute atomic E-state index is 0.0984. The topological polar surface area (TPSA) is 102 Å². The molecule has 0 saturated heterocycles. The largest absolute Gasteiger partial charge is 0.494 e. The molecule has 34 heavy (non-hydrogen) atoms. The molecule has 0 aliphatic carbocycles. The summed E-state index contributed by atoms with van der Waals surface area (Å²) in [5.74, 6) is -0.325. The molecular formula is C26H23N3O5. The van der Waals surface area contributed by atoms with Crippen LogP contribution in [0.3, 0.4) is 0 Å². The van der Waals surface area contributed by atoms with Gasteiger partial charge in [-0.05, 0) is 86.0 Å². The predicted octanol–water partition coefficient (Wildman–Crippen LogP) is 5.01. The molecule has 0 radical (unpaired) electrons. The predicted molar refractivity (Wildman–Crippen MR) is 130 cm³/mol. The van der Waals surface area contributed by atoms with Crippen molar-refractivity contribution in [3.05, 3.63) is 99.2 Å². The van der Waals surface area contributed by atoms with E-state index in [1.54, 1.807) is 36.4 Å². The number of aryl methyl sites for hydroxylation is 2. The number of rotatable bonds is 7. The van der Waals surface area contributed by atoms with Crippen LogP contribution in [0.15, 0.2) is 72.4 Å². The Kier molecular flexibility index (Phi) is 6.14. The molecule has 0 aromatic heterocycles. The summed E-state index contributed by atoms with van der Waals surface area (Å²) < 4.78 is 5.46. The first-order valence-electron chi connectivity index (χ1n) is 10.7. The van der Waals surface area contributed by atoms with Crippen LogP contribution in [0.2, 0.25) is 0 Å². The van der Waals surface area contributed by atoms with Crippen molar-refractivity contribution in [2.24, 2.45) is 0 Å². The van der Waals surface area contributed by atoms with Gasteiger partial charge in [-0.25, -0.2) is 4.90 Å². The number of non-ortho nitro benzene ring substituents is 1. The molecule has 1 N–H and O–H groups in total. The van der Waals surface area contributed by atoms with Gasteiger partial charge >= 0.3 is 0 Å². The number of nitro groups is 1. The maximum atomic E-state index is 13.5. The highest BCUT2D eigenvalue weighted by Gasteiger charge is 2.40. The fourth-order valence-electron chi connectivity index (χ4n) is 3.71. The van der Waals surface area contributed by atoms with E-state index in [-0.39, 0.29) is 17.0 Å². The van der Waals surface area contributed by atoms with Crippen LogP contribution >= 0.6 is 0 Å². The van der Waals surface area contributed by atoms with E-state index in [0.717, 1.165) is 16.0 Å². The van der Waals surface area contributed by atoms with Crippen LogP contribution in [0, 0.1) is 24.0 Å². The maximum absolute atomic E-state index is 13.5. The van der Waals surface area contributed by atoms with Crippen molar-refractivity contribution >= 4 is 34.4 Å². The van der Waals surface area contributed by atoms with Gasteiger partial charge in [0.05, 0.1) is 22.8 Å². The summed E-state index contributed by atoms with van der Waals surface area (Å²) in [6, 6.07) is 18.0. The van der Waals surface area contributed by atoms with E-state index in [4.69, 9.17) is 4.74 Å². The number of amides is 2. The first-order chi connectivity index (χ1) is 16.3. The fraction of sp³-hybridized carbons (Fsp3) is 0.154. The van der Waals surface area contributed by atoms with Crippen molar-refractivity contribution in [3.63, 3.8) is 0 Å². The lowest BCUT2D eigenvalue weighted by molar-refractivity contribution is -0.384. The molecule has 8 nitrogen and oxygen atoms in total. The van der Waals surface area contributed by atoms with E-state index in [2.05, 4.69) is 5.32 Å². The van der Waals surface area contributed by atoms with Gasteiger partial charge in [0.2, 0.25) is 0 Å². The number of hydrogen-bond donors (Lipinski definition) is 1. The molecule has 0 saturated carbocycles. The monoisotopic (exact) mass is 457 g/mol. The molecule has 4 rings (SSSR count). The van der Waals surface area contributed by atoms with E-state index in [9.17, 15) is 19.7 Å². The Balaban J connectivity index is 1.78. The number of imide groups is 1. The second kappa shape index (κ2) is 9.19. The van der Waals surface area contributed by atoms with Crippen molar-refractivity contribution in [1.29, 1.82) is 0 Å². The summed E-state index contributed by atoms with van der Waals surface area (Å²) in [7, 11) is 0. The Morgan fingerprint density at radius 2 is 1.59 bits per heavy atom. The van der Waals surface area contributed by atoms with Crippen LogP contribution in [-0.4, -0.2) is 23.3 Å². The van der Waals surface area contributed by atoms with Gasteiger partial charge in [0.15, 0.2) is 0 Å². The van der Waals surface area contributed by atoms with Gasteiger partial charge in [-0.3, -0.25) is 19.7 Å². The van der Waals surface area contributed by atoms with Gasteiger partial charge < -0.3 is 10.1 Å². The molecule has 0 atom stereocenters. The quantitative estimate of drug-likeness (QED) is 0.304. The zero-order chi connectivity index (χ0) is 24.4. The lowest BCUT2D eigenvalue weighted by Gasteiger charge is -2.17. The Hall–Kier alpha value is -4.46. The van der Waals surface area contributed by atoms with Crippen molar-refractivity contribution in [2.75, 3.05) is 16.8 Å². The Morgan fingerprint density at radius 3 is 2.18 bits per heavy atom. The number of ether oxygens (including phenoxy) is 1. The number of hydrogen-bond acceptors (Lipinski definition) is 6. The lowest BCUT2D eigenvalue weighted by atomic mass is 10.0. The molecule has 3 aromatic rings. The van der Waals surface area contributed by atoms with Gasteiger partial charge in [0, 0.05) is 17.8 Å². The van der Waals surface area contributed by atoms with Crippen LogP contribution < -0.4 is 15.0 Å². The standard InChI is InChI=1S/C26H23N3O5/c1-4-34-22-13-8-19(9-14-22)27-24-23(18-6-11-20(12-7-18)29(32)33)25(30)28(26(24)31)21-10-5-16(2)17(3)15-21/h5-15,27H,4H2,1-3H3. The highest BCUT2D eigenvalue weighted by Crippen LogP contribution is 2.35. The van der Waals surface area contributed by atoms with Gasteiger partial charge in [-0.1, -0.05) is 6.07 Å². The molecule has 0 unspecified atom stereocenters. The Labute approximate surface area is 196 Å².